The largest absolute Gasteiger partial charge is 0.387 e. The molecule has 0 amide bonds. The highest BCUT2D eigenvalue weighted by molar-refractivity contribution is 5.20. The van der Waals surface area contributed by atoms with Crippen molar-refractivity contribution in [3.8, 4) is 0 Å². The summed E-state index contributed by atoms with van der Waals surface area (Å²) in [4.78, 5) is 2.12. The van der Waals surface area contributed by atoms with E-state index in [2.05, 4.69) is 11.8 Å². The Morgan fingerprint density at radius 1 is 1.05 bits per heavy atom. The summed E-state index contributed by atoms with van der Waals surface area (Å²) >= 11 is 0. The van der Waals surface area contributed by atoms with Crippen molar-refractivity contribution >= 4 is 0 Å². The van der Waals surface area contributed by atoms with Crippen LogP contribution in [0.15, 0.2) is 54.6 Å². The fourth-order valence-corrected chi connectivity index (χ4v) is 2.64. The number of aliphatic hydroxyl groups is 1. The predicted molar refractivity (Wildman–Crippen MR) is 83.3 cm³/mol. The maximum atomic E-state index is 12.9. The number of rotatable bonds is 6. The first-order valence-corrected chi connectivity index (χ1v) is 7.29. The molecule has 2 aromatic rings. The molecule has 0 aromatic heterocycles. The highest BCUT2D eigenvalue weighted by Gasteiger charge is 2.23. The zero-order valence-corrected chi connectivity index (χ0v) is 12.5. The molecule has 0 heterocycles. The summed E-state index contributed by atoms with van der Waals surface area (Å²) in [7, 11) is 1.99. The number of hydrogen-bond acceptors (Lipinski definition) is 2. The Morgan fingerprint density at radius 2 is 1.67 bits per heavy atom. The molecule has 2 rings (SSSR count). The van der Waals surface area contributed by atoms with Crippen molar-refractivity contribution in [3.63, 3.8) is 0 Å². The third-order valence-corrected chi connectivity index (χ3v) is 3.84. The smallest absolute Gasteiger partial charge is 0.123 e. The summed E-state index contributed by atoms with van der Waals surface area (Å²) in [5, 5.41) is 10.6. The Balaban J connectivity index is 2.07. The van der Waals surface area contributed by atoms with Crippen LogP contribution in [0.1, 0.15) is 30.6 Å². The van der Waals surface area contributed by atoms with Gasteiger partial charge < -0.3 is 5.11 Å². The number of aliphatic hydroxyl groups excluding tert-OH is 1. The molecule has 112 valence electrons. The number of halogens is 1. The van der Waals surface area contributed by atoms with Gasteiger partial charge in [0.2, 0.25) is 0 Å². The highest BCUT2D eigenvalue weighted by Crippen LogP contribution is 2.23. The molecule has 2 aromatic carbocycles. The Bertz CT molecular complexity index is 541. The highest BCUT2D eigenvalue weighted by atomic mass is 19.1. The maximum absolute atomic E-state index is 12.9. The lowest BCUT2D eigenvalue weighted by Crippen LogP contribution is -2.36. The number of likely N-dealkylation sites (N-methyl/N-ethyl adjacent to an activating group) is 1. The second kappa shape index (κ2) is 7.34. The predicted octanol–water partition coefficient (Wildman–Crippen LogP) is 3.77. The number of nitrogens with zero attached hydrogens (tertiary/aromatic N) is 1. The van der Waals surface area contributed by atoms with Crippen LogP contribution in [0.25, 0.3) is 0 Å². The van der Waals surface area contributed by atoms with Gasteiger partial charge in [0.05, 0.1) is 6.10 Å². The Labute approximate surface area is 125 Å². The van der Waals surface area contributed by atoms with Gasteiger partial charge in [-0.3, -0.25) is 4.90 Å². The molecule has 2 nitrogen and oxygen atoms in total. The van der Waals surface area contributed by atoms with Crippen LogP contribution in [-0.4, -0.2) is 23.1 Å². The molecule has 0 bridgehead atoms. The molecule has 0 fully saturated rings. The van der Waals surface area contributed by atoms with E-state index in [4.69, 9.17) is 0 Å². The second-order valence-electron chi connectivity index (χ2n) is 5.37. The number of benzene rings is 2. The molecule has 0 radical (unpaired) electrons. The van der Waals surface area contributed by atoms with Crippen LogP contribution in [0, 0.1) is 5.82 Å². The molecule has 3 heteroatoms. The standard InChI is InChI=1S/C18H22FNO/c1-3-17(18(21)15-7-5-4-6-8-15)20(2)13-14-9-11-16(19)12-10-14/h4-12,17-18,21H,3,13H2,1-2H3. The summed E-state index contributed by atoms with van der Waals surface area (Å²) < 4.78 is 12.9. The van der Waals surface area contributed by atoms with Gasteiger partial charge in [0, 0.05) is 12.6 Å². The molecule has 0 aliphatic heterocycles. The summed E-state index contributed by atoms with van der Waals surface area (Å²) in [6.45, 7) is 2.75. The first-order chi connectivity index (χ1) is 10.1. The van der Waals surface area contributed by atoms with Gasteiger partial charge >= 0.3 is 0 Å². The fourth-order valence-electron chi connectivity index (χ4n) is 2.64. The van der Waals surface area contributed by atoms with Crippen molar-refractivity contribution in [2.45, 2.75) is 32.0 Å². The van der Waals surface area contributed by atoms with E-state index >= 15 is 0 Å². The first-order valence-electron chi connectivity index (χ1n) is 7.29. The lowest BCUT2D eigenvalue weighted by molar-refractivity contribution is 0.0563. The van der Waals surface area contributed by atoms with E-state index in [1.165, 1.54) is 12.1 Å². The van der Waals surface area contributed by atoms with Crippen LogP contribution in [0.2, 0.25) is 0 Å². The maximum Gasteiger partial charge on any atom is 0.123 e. The summed E-state index contributed by atoms with van der Waals surface area (Å²) in [5.74, 6) is -0.224. The fraction of sp³-hybridized carbons (Fsp3) is 0.333. The topological polar surface area (TPSA) is 23.5 Å². The molecule has 0 saturated carbocycles. The Kier molecular flexibility index (Phi) is 5.48. The Morgan fingerprint density at radius 3 is 2.24 bits per heavy atom. The van der Waals surface area contributed by atoms with Gasteiger partial charge in [-0.15, -0.1) is 0 Å². The zero-order chi connectivity index (χ0) is 15.2. The van der Waals surface area contributed by atoms with Crippen LogP contribution in [0.4, 0.5) is 4.39 Å². The van der Waals surface area contributed by atoms with E-state index in [0.29, 0.717) is 6.54 Å². The van der Waals surface area contributed by atoms with Gasteiger partial charge in [0.25, 0.3) is 0 Å². The van der Waals surface area contributed by atoms with Gasteiger partial charge in [-0.2, -0.15) is 0 Å². The molecule has 0 saturated heterocycles. The van der Waals surface area contributed by atoms with E-state index in [1.807, 2.05) is 37.4 Å². The minimum absolute atomic E-state index is 0.0254. The summed E-state index contributed by atoms with van der Waals surface area (Å²) in [6, 6.07) is 16.2. The molecule has 1 N–H and O–H groups in total. The zero-order valence-electron chi connectivity index (χ0n) is 12.5. The summed E-state index contributed by atoms with van der Waals surface area (Å²) in [6.07, 6.45) is 0.315. The first kappa shape index (κ1) is 15.7. The number of hydrogen-bond donors (Lipinski definition) is 1. The van der Waals surface area contributed by atoms with E-state index in [0.717, 1.165) is 17.5 Å². The van der Waals surface area contributed by atoms with Crippen LogP contribution in [0.3, 0.4) is 0 Å². The van der Waals surface area contributed by atoms with Gasteiger partial charge in [0.1, 0.15) is 5.82 Å². The van der Waals surface area contributed by atoms with Crippen molar-refractivity contribution in [2.75, 3.05) is 7.05 Å². The molecule has 0 aliphatic rings. The lowest BCUT2D eigenvalue weighted by Gasteiger charge is -2.31. The Hall–Kier alpha value is -1.71. The molecule has 2 atom stereocenters. The van der Waals surface area contributed by atoms with Gasteiger partial charge in [-0.25, -0.2) is 4.39 Å². The van der Waals surface area contributed by atoms with Crippen molar-refractivity contribution in [3.05, 3.63) is 71.5 Å². The molecule has 0 spiro atoms. The third kappa shape index (κ3) is 4.13. The minimum atomic E-state index is -0.526. The van der Waals surface area contributed by atoms with E-state index in [9.17, 15) is 9.50 Å². The van der Waals surface area contributed by atoms with Gasteiger partial charge in [-0.05, 0) is 36.7 Å². The summed E-state index contributed by atoms with van der Waals surface area (Å²) in [5.41, 5.74) is 1.97. The van der Waals surface area contributed by atoms with E-state index in [-0.39, 0.29) is 11.9 Å². The van der Waals surface area contributed by atoms with Crippen molar-refractivity contribution in [2.24, 2.45) is 0 Å². The normalized spacial score (nSPS) is 14.1. The molecular weight excluding hydrogens is 265 g/mol. The SMILES string of the molecule is CCC(C(O)c1ccccc1)N(C)Cc1ccc(F)cc1. The third-order valence-electron chi connectivity index (χ3n) is 3.84. The van der Waals surface area contributed by atoms with Gasteiger partial charge in [-0.1, -0.05) is 49.4 Å². The average molecular weight is 287 g/mol. The average Bonchev–Trinajstić information content (AvgIpc) is 2.51. The van der Waals surface area contributed by atoms with Crippen LogP contribution in [-0.2, 0) is 6.54 Å². The van der Waals surface area contributed by atoms with E-state index < -0.39 is 6.10 Å². The van der Waals surface area contributed by atoms with Crippen molar-refractivity contribution < 1.29 is 9.50 Å². The lowest BCUT2D eigenvalue weighted by atomic mass is 9.99. The monoisotopic (exact) mass is 287 g/mol. The van der Waals surface area contributed by atoms with Crippen molar-refractivity contribution in [1.82, 2.24) is 4.90 Å². The van der Waals surface area contributed by atoms with E-state index in [1.54, 1.807) is 12.1 Å². The molecular formula is C18H22FNO. The van der Waals surface area contributed by atoms with Crippen LogP contribution >= 0.6 is 0 Å². The minimum Gasteiger partial charge on any atom is -0.387 e. The molecule has 21 heavy (non-hydrogen) atoms. The van der Waals surface area contributed by atoms with Crippen molar-refractivity contribution in [1.29, 1.82) is 0 Å². The van der Waals surface area contributed by atoms with Crippen LogP contribution < -0.4 is 0 Å². The molecule has 0 aliphatic carbocycles. The molecule has 2 unspecified atom stereocenters. The van der Waals surface area contributed by atoms with Crippen LogP contribution in [0.5, 0.6) is 0 Å². The van der Waals surface area contributed by atoms with Gasteiger partial charge in [0.15, 0.2) is 0 Å². The second-order valence-corrected chi connectivity index (χ2v) is 5.37. The quantitative estimate of drug-likeness (QED) is 0.874.